The van der Waals surface area contributed by atoms with Crippen molar-refractivity contribution in [1.29, 1.82) is 0 Å². The summed E-state index contributed by atoms with van der Waals surface area (Å²) in [5.74, 6) is -0.272. The van der Waals surface area contributed by atoms with Gasteiger partial charge < -0.3 is 5.32 Å². The van der Waals surface area contributed by atoms with Crippen LogP contribution < -0.4 is 5.32 Å². The molecular formula is C15H20N2O2. The van der Waals surface area contributed by atoms with E-state index >= 15 is 0 Å². The Morgan fingerprint density at radius 2 is 2.05 bits per heavy atom. The number of nitrogens with one attached hydrogen (secondary N) is 1. The van der Waals surface area contributed by atoms with Gasteiger partial charge in [-0.1, -0.05) is 25.1 Å². The number of carbonyl (C=O) groups excluding carboxylic acids is 2. The number of benzene rings is 1. The second kappa shape index (κ2) is 5.97. The van der Waals surface area contributed by atoms with Gasteiger partial charge >= 0.3 is 0 Å². The van der Waals surface area contributed by atoms with Crippen LogP contribution in [0, 0.1) is 0 Å². The van der Waals surface area contributed by atoms with Crippen LogP contribution in [0.25, 0.3) is 0 Å². The second-order valence-corrected chi connectivity index (χ2v) is 5.00. The third-order valence-corrected chi connectivity index (χ3v) is 3.33. The molecular weight excluding hydrogens is 240 g/mol. The number of amides is 2. The standard InChI is InChI=1S/C15H20N2O2/c1-3-8-16-11(2)10-17-14(18)9-12-6-4-5-7-13(12)15(17)19/h4-7,11,16H,3,8-10H2,1-2H3. The average Bonchev–Trinajstić information content (AvgIpc) is 2.41. The summed E-state index contributed by atoms with van der Waals surface area (Å²) < 4.78 is 0. The zero-order valence-corrected chi connectivity index (χ0v) is 11.5. The minimum absolute atomic E-state index is 0.103. The molecule has 1 aromatic carbocycles. The van der Waals surface area contributed by atoms with Crippen LogP contribution in [0.3, 0.4) is 0 Å². The van der Waals surface area contributed by atoms with Gasteiger partial charge in [0.15, 0.2) is 0 Å². The van der Waals surface area contributed by atoms with Crippen molar-refractivity contribution >= 4 is 11.8 Å². The van der Waals surface area contributed by atoms with Gasteiger partial charge in [0.1, 0.15) is 0 Å². The Hall–Kier alpha value is -1.68. The molecule has 0 saturated carbocycles. The highest BCUT2D eigenvalue weighted by Gasteiger charge is 2.31. The third-order valence-electron chi connectivity index (χ3n) is 3.33. The van der Waals surface area contributed by atoms with Crippen molar-refractivity contribution in [2.24, 2.45) is 0 Å². The van der Waals surface area contributed by atoms with E-state index in [1.54, 1.807) is 6.07 Å². The molecule has 1 unspecified atom stereocenters. The number of rotatable bonds is 5. The Bertz CT molecular complexity index is 485. The normalized spacial score (nSPS) is 16.4. The number of carbonyl (C=O) groups is 2. The van der Waals surface area contributed by atoms with Crippen LogP contribution in [0.1, 0.15) is 36.2 Å². The summed E-state index contributed by atoms with van der Waals surface area (Å²) in [7, 11) is 0. The number of nitrogens with zero attached hydrogens (tertiary/aromatic N) is 1. The van der Waals surface area contributed by atoms with E-state index in [4.69, 9.17) is 0 Å². The van der Waals surface area contributed by atoms with Crippen molar-refractivity contribution < 1.29 is 9.59 Å². The lowest BCUT2D eigenvalue weighted by molar-refractivity contribution is -0.128. The summed E-state index contributed by atoms with van der Waals surface area (Å²) in [6, 6.07) is 7.46. The molecule has 1 atom stereocenters. The molecule has 1 heterocycles. The predicted octanol–water partition coefficient (Wildman–Crippen LogP) is 1.60. The van der Waals surface area contributed by atoms with Gasteiger partial charge in [0, 0.05) is 18.2 Å². The van der Waals surface area contributed by atoms with Gasteiger partial charge in [-0.05, 0) is 31.5 Å². The number of hydrogen-bond donors (Lipinski definition) is 1. The molecule has 102 valence electrons. The Morgan fingerprint density at radius 1 is 1.32 bits per heavy atom. The highest BCUT2D eigenvalue weighted by molar-refractivity contribution is 6.09. The molecule has 0 aromatic heterocycles. The van der Waals surface area contributed by atoms with Gasteiger partial charge in [-0.15, -0.1) is 0 Å². The summed E-state index contributed by atoms with van der Waals surface area (Å²) in [6.07, 6.45) is 1.36. The largest absolute Gasteiger partial charge is 0.312 e. The van der Waals surface area contributed by atoms with E-state index in [-0.39, 0.29) is 17.9 Å². The maximum absolute atomic E-state index is 12.3. The van der Waals surface area contributed by atoms with Crippen LogP contribution in [0.15, 0.2) is 24.3 Å². The highest BCUT2D eigenvalue weighted by atomic mass is 16.2. The third kappa shape index (κ3) is 3.01. The number of fused-ring (bicyclic) bond motifs is 1. The molecule has 0 saturated heterocycles. The molecule has 0 radical (unpaired) electrons. The molecule has 2 amide bonds. The quantitative estimate of drug-likeness (QED) is 0.818. The molecule has 0 fully saturated rings. The lowest BCUT2D eigenvalue weighted by Crippen LogP contribution is -2.48. The first-order chi connectivity index (χ1) is 9.13. The SMILES string of the molecule is CCCNC(C)CN1C(=O)Cc2ccccc2C1=O. The zero-order valence-electron chi connectivity index (χ0n) is 11.5. The molecule has 1 N–H and O–H groups in total. The van der Waals surface area contributed by atoms with E-state index in [0.717, 1.165) is 18.5 Å². The molecule has 2 rings (SSSR count). The van der Waals surface area contributed by atoms with E-state index < -0.39 is 0 Å². The molecule has 19 heavy (non-hydrogen) atoms. The van der Waals surface area contributed by atoms with Crippen LogP contribution in [0.2, 0.25) is 0 Å². The van der Waals surface area contributed by atoms with Crippen LogP contribution in [-0.2, 0) is 11.2 Å². The molecule has 0 bridgehead atoms. The summed E-state index contributed by atoms with van der Waals surface area (Å²) in [5, 5.41) is 3.30. The van der Waals surface area contributed by atoms with E-state index in [1.807, 2.05) is 25.1 Å². The Balaban J connectivity index is 2.10. The molecule has 4 heteroatoms. The number of imide groups is 1. The fourth-order valence-electron chi connectivity index (χ4n) is 2.31. The topological polar surface area (TPSA) is 49.4 Å². The lowest BCUT2D eigenvalue weighted by Gasteiger charge is -2.29. The van der Waals surface area contributed by atoms with Crippen molar-refractivity contribution in [3.63, 3.8) is 0 Å². The molecule has 1 aliphatic rings. The van der Waals surface area contributed by atoms with Crippen molar-refractivity contribution in [2.75, 3.05) is 13.1 Å². The fourth-order valence-corrected chi connectivity index (χ4v) is 2.31. The van der Waals surface area contributed by atoms with Gasteiger partial charge in [0.2, 0.25) is 5.91 Å². The van der Waals surface area contributed by atoms with E-state index in [9.17, 15) is 9.59 Å². The van der Waals surface area contributed by atoms with E-state index in [2.05, 4.69) is 12.2 Å². The molecule has 0 aliphatic carbocycles. The first kappa shape index (κ1) is 13.7. The summed E-state index contributed by atoms with van der Waals surface area (Å²) in [5.41, 5.74) is 1.49. The van der Waals surface area contributed by atoms with E-state index in [0.29, 0.717) is 18.5 Å². The van der Waals surface area contributed by atoms with Crippen LogP contribution in [0.5, 0.6) is 0 Å². The van der Waals surface area contributed by atoms with Crippen molar-refractivity contribution in [3.05, 3.63) is 35.4 Å². The minimum atomic E-state index is -0.169. The maximum atomic E-state index is 12.3. The molecule has 1 aromatic rings. The number of hydrogen-bond acceptors (Lipinski definition) is 3. The second-order valence-electron chi connectivity index (χ2n) is 5.00. The lowest BCUT2D eigenvalue weighted by atomic mass is 9.98. The summed E-state index contributed by atoms with van der Waals surface area (Å²) in [6.45, 7) is 5.42. The van der Waals surface area contributed by atoms with Gasteiger partial charge in [0.25, 0.3) is 5.91 Å². The Kier molecular flexibility index (Phi) is 4.32. The first-order valence-corrected chi connectivity index (χ1v) is 6.79. The molecule has 0 spiro atoms. The van der Waals surface area contributed by atoms with Crippen LogP contribution in [0.4, 0.5) is 0 Å². The Morgan fingerprint density at radius 3 is 2.79 bits per heavy atom. The van der Waals surface area contributed by atoms with Gasteiger partial charge in [-0.3, -0.25) is 14.5 Å². The predicted molar refractivity (Wildman–Crippen MR) is 73.9 cm³/mol. The first-order valence-electron chi connectivity index (χ1n) is 6.79. The smallest absolute Gasteiger partial charge is 0.260 e. The monoisotopic (exact) mass is 260 g/mol. The van der Waals surface area contributed by atoms with E-state index in [1.165, 1.54) is 4.90 Å². The fraction of sp³-hybridized carbons (Fsp3) is 0.467. The molecule has 1 aliphatic heterocycles. The minimum Gasteiger partial charge on any atom is -0.312 e. The molecule has 4 nitrogen and oxygen atoms in total. The summed E-state index contributed by atoms with van der Waals surface area (Å²) >= 11 is 0. The van der Waals surface area contributed by atoms with Crippen molar-refractivity contribution in [3.8, 4) is 0 Å². The van der Waals surface area contributed by atoms with Crippen LogP contribution >= 0.6 is 0 Å². The van der Waals surface area contributed by atoms with Crippen molar-refractivity contribution in [1.82, 2.24) is 10.2 Å². The highest BCUT2D eigenvalue weighted by Crippen LogP contribution is 2.19. The Labute approximate surface area is 113 Å². The summed E-state index contributed by atoms with van der Waals surface area (Å²) in [4.78, 5) is 25.7. The maximum Gasteiger partial charge on any atom is 0.260 e. The van der Waals surface area contributed by atoms with Crippen molar-refractivity contribution in [2.45, 2.75) is 32.7 Å². The zero-order chi connectivity index (χ0) is 13.8. The van der Waals surface area contributed by atoms with Gasteiger partial charge in [-0.2, -0.15) is 0 Å². The average molecular weight is 260 g/mol. The van der Waals surface area contributed by atoms with Gasteiger partial charge in [-0.25, -0.2) is 0 Å². The van der Waals surface area contributed by atoms with Gasteiger partial charge in [0.05, 0.1) is 6.42 Å². The van der Waals surface area contributed by atoms with Crippen LogP contribution in [-0.4, -0.2) is 35.8 Å².